The number of aliphatic carboxylic acids is 2. The van der Waals surface area contributed by atoms with E-state index in [-0.39, 0.29) is 0 Å². The number of aliphatic hydroxyl groups is 2. The van der Waals surface area contributed by atoms with Gasteiger partial charge in [-0.15, -0.1) is 11.8 Å². The van der Waals surface area contributed by atoms with E-state index < -0.39 is 24.0 Å². The molecule has 0 fully saturated rings. The lowest BCUT2D eigenvalue weighted by Gasteiger charge is -1.95. The van der Waals surface area contributed by atoms with Gasteiger partial charge < -0.3 is 20.4 Å². The van der Waals surface area contributed by atoms with Crippen LogP contribution < -0.4 is 0 Å². The number of hydrogen-bond acceptors (Lipinski definition) is 5. The van der Waals surface area contributed by atoms with E-state index in [4.69, 9.17) is 25.2 Å². The molecule has 4 N–H and O–H groups in total. The van der Waals surface area contributed by atoms with Crippen LogP contribution in [0.2, 0.25) is 0 Å². The summed E-state index contributed by atoms with van der Waals surface area (Å²) in [7, 11) is 0. The Morgan fingerprint density at radius 1 is 1.42 bits per heavy atom. The van der Waals surface area contributed by atoms with Gasteiger partial charge in [-0.2, -0.15) is 0 Å². The summed E-state index contributed by atoms with van der Waals surface area (Å²) in [5, 5.41) is 31.2. The fourth-order valence-electron chi connectivity index (χ4n) is 0.101. The molecule has 0 rings (SSSR count). The molecule has 0 saturated heterocycles. The van der Waals surface area contributed by atoms with Crippen LogP contribution in [0.15, 0.2) is 0 Å². The quantitative estimate of drug-likeness (QED) is 0.422. The molecule has 0 heterocycles. The van der Waals surface area contributed by atoms with Gasteiger partial charge in [-0.3, -0.25) is 0 Å². The fourth-order valence-corrected chi connectivity index (χ4v) is 0.302. The lowest BCUT2D eigenvalue weighted by atomic mass is 10.7. The molecule has 0 saturated carbocycles. The summed E-state index contributed by atoms with van der Waals surface area (Å²) in [6.07, 6.45) is 1.53. The predicted molar refractivity (Wildman–Crippen MR) is 41.9 cm³/mol. The second-order valence-corrected chi connectivity index (χ2v) is 2.40. The zero-order valence-electron chi connectivity index (χ0n) is 6.30. The largest absolute Gasteiger partial charge is 0.480 e. The normalized spacial score (nSPS) is 10.9. The summed E-state index contributed by atoms with van der Waals surface area (Å²) in [5.41, 5.74) is -1.26. The van der Waals surface area contributed by atoms with Crippen LogP contribution in [0.5, 0.6) is 0 Å². The van der Waals surface area contributed by atoms with Crippen LogP contribution in [0.1, 0.15) is 0 Å². The molecule has 0 aromatic rings. The molecule has 0 aromatic heterocycles. The second-order valence-electron chi connectivity index (χ2n) is 1.48. The van der Waals surface area contributed by atoms with E-state index in [1.165, 1.54) is 6.26 Å². The Morgan fingerprint density at radius 2 is 1.75 bits per heavy atom. The van der Waals surface area contributed by atoms with Gasteiger partial charge in [-0.1, -0.05) is 0 Å². The average Bonchev–Trinajstić information content (AvgIpc) is 2.04. The van der Waals surface area contributed by atoms with Crippen LogP contribution in [0.4, 0.5) is 0 Å². The highest BCUT2D eigenvalue weighted by Crippen LogP contribution is 1.99. The van der Waals surface area contributed by atoms with Gasteiger partial charge in [0.05, 0.1) is 0 Å². The molecule has 0 aliphatic heterocycles. The van der Waals surface area contributed by atoms with E-state index in [0.29, 0.717) is 0 Å². The number of aliphatic hydroxyl groups excluding tert-OH is 2. The standard InChI is InChI=1S/C3H6O3S.C2H4O3/c1-7-3(6)2(4)5;3-1-2(4)5/h3,6H,1H3,(H,4,5);3H,1H2,(H,4,5). The SMILES string of the molecule is CSC(O)C(=O)O.O=C(O)CO. The first kappa shape index (κ1) is 13.8. The second kappa shape index (κ2) is 8.31. The zero-order valence-corrected chi connectivity index (χ0v) is 7.11. The summed E-state index contributed by atoms with van der Waals surface area (Å²) in [6.45, 7) is -0.778. The van der Waals surface area contributed by atoms with Gasteiger partial charge in [0.25, 0.3) is 0 Å². The van der Waals surface area contributed by atoms with Crippen LogP contribution in [-0.2, 0) is 9.59 Å². The van der Waals surface area contributed by atoms with Crippen molar-refractivity contribution in [2.24, 2.45) is 0 Å². The van der Waals surface area contributed by atoms with E-state index in [1.807, 2.05) is 0 Å². The van der Waals surface area contributed by atoms with Crippen LogP contribution in [0.25, 0.3) is 0 Å². The van der Waals surface area contributed by atoms with Crippen molar-refractivity contribution in [2.75, 3.05) is 12.9 Å². The number of hydrogen-bond donors (Lipinski definition) is 4. The van der Waals surface area contributed by atoms with Crippen LogP contribution in [0, 0.1) is 0 Å². The Hall–Kier alpha value is -0.790. The maximum atomic E-state index is 9.66. The first-order valence-corrected chi connectivity index (χ1v) is 4.00. The topological polar surface area (TPSA) is 115 Å². The molecule has 12 heavy (non-hydrogen) atoms. The molecule has 0 amide bonds. The van der Waals surface area contributed by atoms with E-state index in [2.05, 4.69) is 0 Å². The third-order valence-electron chi connectivity index (χ3n) is 0.570. The van der Waals surface area contributed by atoms with E-state index in [1.54, 1.807) is 0 Å². The van der Waals surface area contributed by atoms with Gasteiger partial charge in [0.15, 0.2) is 5.44 Å². The molecule has 0 spiro atoms. The highest BCUT2D eigenvalue weighted by molar-refractivity contribution is 7.99. The van der Waals surface area contributed by atoms with Crippen LogP contribution >= 0.6 is 11.8 Å². The fraction of sp³-hybridized carbons (Fsp3) is 0.600. The van der Waals surface area contributed by atoms with Crippen molar-refractivity contribution >= 4 is 23.7 Å². The highest BCUT2D eigenvalue weighted by Gasteiger charge is 2.08. The number of thioether (sulfide) groups is 1. The molecule has 0 radical (unpaired) electrons. The molecule has 1 unspecified atom stereocenters. The molecular weight excluding hydrogens is 188 g/mol. The summed E-state index contributed by atoms with van der Waals surface area (Å²) in [5.74, 6) is -2.38. The van der Waals surface area contributed by atoms with Crippen molar-refractivity contribution in [1.82, 2.24) is 0 Å². The predicted octanol–water partition coefficient (Wildman–Crippen LogP) is -1.18. The molecule has 0 bridgehead atoms. The Morgan fingerprint density at radius 3 is 1.75 bits per heavy atom. The Balaban J connectivity index is 0. The molecular formula is C5H10O6S. The van der Waals surface area contributed by atoms with Gasteiger partial charge in [0.1, 0.15) is 6.61 Å². The van der Waals surface area contributed by atoms with Gasteiger partial charge >= 0.3 is 11.9 Å². The first-order valence-electron chi connectivity index (χ1n) is 2.72. The van der Waals surface area contributed by atoms with E-state index in [0.717, 1.165) is 11.8 Å². The monoisotopic (exact) mass is 198 g/mol. The van der Waals surface area contributed by atoms with Crippen LogP contribution in [0.3, 0.4) is 0 Å². The van der Waals surface area contributed by atoms with Crippen molar-refractivity contribution in [2.45, 2.75) is 5.44 Å². The number of carbonyl (C=O) groups is 2. The Kier molecular flexibility index (Phi) is 9.54. The maximum Gasteiger partial charge on any atom is 0.343 e. The van der Waals surface area contributed by atoms with Gasteiger partial charge in [0.2, 0.25) is 0 Å². The molecule has 72 valence electrons. The zero-order chi connectivity index (χ0) is 10.1. The number of rotatable bonds is 3. The van der Waals surface area contributed by atoms with Crippen molar-refractivity contribution in [3.05, 3.63) is 0 Å². The summed E-state index contributed by atoms with van der Waals surface area (Å²) in [4.78, 5) is 18.8. The minimum Gasteiger partial charge on any atom is -0.480 e. The average molecular weight is 198 g/mol. The molecule has 7 heteroatoms. The highest BCUT2D eigenvalue weighted by atomic mass is 32.2. The molecule has 0 aliphatic carbocycles. The van der Waals surface area contributed by atoms with Crippen molar-refractivity contribution in [1.29, 1.82) is 0 Å². The maximum absolute atomic E-state index is 9.66. The minimum absolute atomic E-state index is 0.778. The van der Waals surface area contributed by atoms with Crippen LogP contribution in [-0.4, -0.2) is 50.7 Å². The number of carboxylic acids is 2. The summed E-state index contributed by atoms with van der Waals surface area (Å²) < 4.78 is 0. The third kappa shape index (κ3) is 11.9. The molecule has 0 aromatic carbocycles. The van der Waals surface area contributed by atoms with Crippen molar-refractivity contribution in [3.63, 3.8) is 0 Å². The number of carboxylic acid groups (broad SMARTS) is 2. The lowest BCUT2D eigenvalue weighted by Crippen LogP contribution is -2.13. The minimum atomic E-state index is -1.26. The van der Waals surface area contributed by atoms with Gasteiger partial charge in [-0.25, -0.2) is 9.59 Å². The molecule has 1 atom stereocenters. The lowest BCUT2D eigenvalue weighted by molar-refractivity contribution is -0.142. The smallest absolute Gasteiger partial charge is 0.343 e. The van der Waals surface area contributed by atoms with Gasteiger partial charge in [-0.05, 0) is 6.26 Å². The van der Waals surface area contributed by atoms with Gasteiger partial charge in [0, 0.05) is 0 Å². The third-order valence-corrected chi connectivity index (χ3v) is 1.22. The summed E-state index contributed by atoms with van der Waals surface area (Å²) >= 11 is 0.889. The van der Waals surface area contributed by atoms with Crippen molar-refractivity contribution < 1.29 is 30.0 Å². The van der Waals surface area contributed by atoms with E-state index in [9.17, 15) is 4.79 Å². The van der Waals surface area contributed by atoms with E-state index >= 15 is 0 Å². The molecule has 0 aliphatic rings. The van der Waals surface area contributed by atoms with Crippen molar-refractivity contribution in [3.8, 4) is 0 Å². The molecule has 6 nitrogen and oxygen atoms in total. The first-order chi connectivity index (χ1) is 5.45. The summed E-state index contributed by atoms with van der Waals surface area (Å²) in [6, 6.07) is 0. The Labute approximate surface area is 72.8 Å². The Bertz CT molecular complexity index is 147.